The van der Waals surface area contributed by atoms with Crippen molar-refractivity contribution in [3.63, 3.8) is 0 Å². The van der Waals surface area contributed by atoms with Crippen molar-refractivity contribution in [2.24, 2.45) is 0 Å². The predicted molar refractivity (Wildman–Crippen MR) is 116 cm³/mol. The number of fused-ring (bicyclic) bond motifs is 3. The summed E-state index contributed by atoms with van der Waals surface area (Å²) in [6.45, 7) is 4.36. The van der Waals surface area contributed by atoms with Crippen LogP contribution in [-0.4, -0.2) is 23.6 Å². The summed E-state index contributed by atoms with van der Waals surface area (Å²) in [7, 11) is 1.41. The Morgan fingerprint density at radius 1 is 1.17 bits per heavy atom. The van der Waals surface area contributed by atoms with Crippen molar-refractivity contribution in [2.75, 3.05) is 18.9 Å². The summed E-state index contributed by atoms with van der Waals surface area (Å²) in [4.78, 5) is 0.424. The second kappa shape index (κ2) is 7.50. The van der Waals surface area contributed by atoms with Crippen LogP contribution >= 0.6 is 15.9 Å². The first-order valence-corrected chi connectivity index (χ1v) is 11.0. The Kier molecular flexibility index (Phi) is 5.16. The van der Waals surface area contributed by atoms with Crippen molar-refractivity contribution in [3.05, 3.63) is 52.0 Å². The fourth-order valence-corrected chi connectivity index (χ4v) is 5.20. The molecule has 0 aliphatic heterocycles. The van der Waals surface area contributed by atoms with Crippen molar-refractivity contribution in [3.8, 4) is 22.8 Å². The zero-order valence-corrected chi connectivity index (χ0v) is 18.9. The molecule has 0 spiro atoms. The number of rotatable bonds is 5. The Hall–Kier alpha value is -2.32. The lowest BCUT2D eigenvalue weighted by atomic mass is 9.72. The molecule has 1 aliphatic rings. The number of aromatic nitrogens is 1. The molecule has 0 radical (unpaired) electrons. The van der Waals surface area contributed by atoms with Crippen molar-refractivity contribution >= 4 is 32.7 Å². The van der Waals surface area contributed by atoms with Crippen LogP contribution in [0, 0.1) is 0 Å². The van der Waals surface area contributed by atoms with Gasteiger partial charge in [0.1, 0.15) is 16.4 Å². The highest BCUT2D eigenvalue weighted by Crippen LogP contribution is 2.46. The van der Waals surface area contributed by atoms with E-state index in [4.69, 9.17) is 14.0 Å². The Morgan fingerprint density at radius 2 is 1.86 bits per heavy atom. The van der Waals surface area contributed by atoms with E-state index in [1.807, 2.05) is 12.1 Å². The van der Waals surface area contributed by atoms with Crippen LogP contribution < -0.4 is 14.2 Å². The van der Waals surface area contributed by atoms with Crippen molar-refractivity contribution < 1.29 is 18.2 Å². The Labute approximate surface area is 180 Å². The summed E-state index contributed by atoms with van der Waals surface area (Å²) >= 11 is 3.54. The van der Waals surface area contributed by atoms with Crippen LogP contribution in [0.25, 0.3) is 11.3 Å². The third-order valence-corrected chi connectivity index (χ3v) is 6.76. The molecule has 1 N–H and O–H groups in total. The van der Waals surface area contributed by atoms with Gasteiger partial charge in [0.05, 0.1) is 14.2 Å². The number of anilines is 1. The van der Waals surface area contributed by atoms with E-state index in [2.05, 4.69) is 45.7 Å². The molecule has 6 nitrogen and oxygen atoms in total. The number of nitrogens with zero attached hydrogens (tertiary/aromatic N) is 1. The van der Waals surface area contributed by atoms with E-state index in [0.29, 0.717) is 34.4 Å². The third-order valence-electron chi connectivity index (χ3n) is 5.12. The van der Waals surface area contributed by atoms with E-state index < -0.39 is 11.0 Å². The molecule has 1 atom stereocenters. The van der Waals surface area contributed by atoms with Crippen LogP contribution in [0.2, 0.25) is 0 Å². The molecule has 1 aliphatic carbocycles. The number of methoxy groups -OCH3 is 2. The van der Waals surface area contributed by atoms with Gasteiger partial charge in [-0.05, 0) is 41.7 Å². The van der Waals surface area contributed by atoms with Gasteiger partial charge in [-0.25, -0.2) is 4.21 Å². The minimum Gasteiger partial charge on any atom is -0.495 e. The normalized spacial score (nSPS) is 15.2. The summed E-state index contributed by atoms with van der Waals surface area (Å²) in [5.41, 5.74) is 2.98. The van der Waals surface area contributed by atoms with Gasteiger partial charge in [0.15, 0.2) is 22.6 Å². The van der Waals surface area contributed by atoms with Crippen LogP contribution in [-0.2, 0) is 22.8 Å². The number of halogens is 1. The molecule has 0 amide bonds. The number of hydrogen-bond acceptors (Lipinski definition) is 5. The van der Waals surface area contributed by atoms with E-state index in [1.165, 1.54) is 19.8 Å². The molecule has 0 bridgehead atoms. The number of benzene rings is 2. The van der Waals surface area contributed by atoms with Gasteiger partial charge in [-0.15, -0.1) is 0 Å². The van der Waals surface area contributed by atoms with Gasteiger partial charge in [0.2, 0.25) is 0 Å². The minimum atomic E-state index is -1.65. The molecular weight excluding hydrogens is 456 g/mol. The van der Waals surface area contributed by atoms with E-state index >= 15 is 0 Å². The monoisotopic (exact) mass is 476 g/mol. The summed E-state index contributed by atoms with van der Waals surface area (Å²) in [6, 6.07) is 11.4. The van der Waals surface area contributed by atoms with Gasteiger partial charge in [-0.1, -0.05) is 47.1 Å². The molecular formula is C21H21BrN2O4S. The van der Waals surface area contributed by atoms with E-state index in [-0.39, 0.29) is 5.41 Å². The maximum Gasteiger partial charge on any atom is 0.185 e. The average Bonchev–Trinajstić information content (AvgIpc) is 3.08. The molecule has 4 rings (SSSR count). The molecule has 29 heavy (non-hydrogen) atoms. The minimum absolute atomic E-state index is 0.116. The lowest BCUT2D eigenvalue weighted by Crippen LogP contribution is -2.25. The summed E-state index contributed by atoms with van der Waals surface area (Å²) in [6.07, 6.45) is 0.711. The fraction of sp³-hybridized carbons (Fsp3) is 0.286. The van der Waals surface area contributed by atoms with Crippen LogP contribution in [0.5, 0.6) is 11.5 Å². The SMILES string of the molecule is COc1cccc(OC)c1S(=O)Nc1noc2c1CC(C)(C)c1ccc(Br)cc1-2. The molecule has 0 fully saturated rings. The first kappa shape index (κ1) is 20.0. The van der Waals surface area contributed by atoms with Gasteiger partial charge < -0.3 is 14.0 Å². The van der Waals surface area contributed by atoms with Crippen LogP contribution in [0.1, 0.15) is 25.0 Å². The van der Waals surface area contributed by atoms with Crippen molar-refractivity contribution in [1.29, 1.82) is 0 Å². The van der Waals surface area contributed by atoms with E-state index in [0.717, 1.165) is 15.6 Å². The Balaban J connectivity index is 1.75. The third kappa shape index (κ3) is 3.44. The quantitative estimate of drug-likeness (QED) is 0.554. The lowest BCUT2D eigenvalue weighted by molar-refractivity contribution is 0.375. The maximum atomic E-state index is 13.2. The topological polar surface area (TPSA) is 73.6 Å². The smallest absolute Gasteiger partial charge is 0.185 e. The van der Waals surface area contributed by atoms with Gasteiger partial charge in [-0.3, -0.25) is 4.72 Å². The van der Waals surface area contributed by atoms with Crippen molar-refractivity contribution in [2.45, 2.75) is 30.6 Å². The van der Waals surface area contributed by atoms with E-state index in [9.17, 15) is 4.21 Å². The second-order valence-electron chi connectivity index (χ2n) is 7.45. The standard InChI is InChI=1S/C21H21BrN2O4S/c1-21(2)11-14-18(13-10-12(22)8-9-15(13)21)28-23-20(14)24-29(25)19-16(26-3)6-5-7-17(19)27-4/h5-10H,11H2,1-4H3,(H,23,24). The summed E-state index contributed by atoms with van der Waals surface area (Å²) < 4.78 is 33.6. The number of hydrogen-bond donors (Lipinski definition) is 1. The zero-order chi connectivity index (χ0) is 20.8. The average molecular weight is 477 g/mol. The molecule has 8 heteroatoms. The Bertz CT molecular complexity index is 1090. The number of nitrogens with one attached hydrogen (secondary N) is 1. The van der Waals surface area contributed by atoms with Gasteiger partial charge in [-0.2, -0.15) is 0 Å². The highest BCUT2D eigenvalue weighted by molar-refractivity contribution is 9.10. The van der Waals surface area contributed by atoms with E-state index in [1.54, 1.807) is 18.2 Å². The molecule has 0 saturated carbocycles. The fourth-order valence-electron chi connectivity index (χ4n) is 3.74. The molecule has 1 heterocycles. The molecule has 3 aromatic rings. The molecule has 152 valence electrons. The first-order valence-electron chi connectivity index (χ1n) is 9.04. The maximum absolute atomic E-state index is 13.2. The Morgan fingerprint density at radius 3 is 2.52 bits per heavy atom. The molecule has 2 aromatic carbocycles. The second-order valence-corrected chi connectivity index (χ2v) is 9.52. The van der Waals surface area contributed by atoms with Crippen LogP contribution in [0.15, 0.2) is 50.3 Å². The largest absolute Gasteiger partial charge is 0.495 e. The summed E-state index contributed by atoms with van der Waals surface area (Å²) in [5.74, 6) is 2.11. The zero-order valence-electron chi connectivity index (χ0n) is 16.5. The first-order chi connectivity index (χ1) is 13.9. The highest BCUT2D eigenvalue weighted by atomic mass is 79.9. The van der Waals surface area contributed by atoms with Gasteiger partial charge in [0, 0.05) is 15.6 Å². The molecule has 1 unspecified atom stereocenters. The van der Waals surface area contributed by atoms with Gasteiger partial charge in [0.25, 0.3) is 0 Å². The van der Waals surface area contributed by atoms with Crippen LogP contribution in [0.4, 0.5) is 5.82 Å². The number of ether oxygens (including phenoxy) is 2. The van der Waals surface area contributed by atoms with Gasteiger partial charge >= 0.3 is 0 Å². The van der Waals surface area contributed by atoms with Crippen LogP contribution in [0.3, 0.4) is 0 Å². The highest BCUT2D eigenvalue weighted by Gasteiger charge is 2.36. The molecule has 1 aromatic heterocycles. The molecule has 0 saturated heterocycles. The van der Waals surface area contributed by atoms with Crippen molar-refractivity contribution in [1.82, 2.24) is 5.16 Å². The summed E-state index contributed by atoms with van der Waals surface area (Å²) in [5, 5.41) is 4.19. The predicted octanol–water partition coefficient (Wildman–Crippen LogP) is 5.09. The lowest BCUT2D eigenvalue weighted by Gasteiger charge is -2.31.